The van der Waals surface area contributed by atoms with Crippen LogP contribution in [0.15, 0.2) is 30.3 Å². The van der Waals surface area contributed by atoms with Crippen molar-refractivity contribution in [2.75, 3.05) is 6.61 Å². The lowest BCUT2D eigenvalue weighted by molar-refractivity contribution is -0.145. The maximum Gasteiger partial charge on any atom is 0.313 e. The molecule has 5 nitrogen and oxygen atoms in total. The summed E-state index contributed by atoms with van der Waals surface area (Å²) in [5.41, 5.74) is 0.494. The van der Waals surface area contributed by atoms with Gasteiger partial charge in [0.05, 0.1) is 18.0 Å². The van der Waals surface area contributed by atoms with E-state index in [4.69, 9.17) is 16.3 Å². The molecule has 0 aliphatic heterocycles. The number of hydrogen-bond donors (Lipinski definition) is 1. The van der Waals surface area contributed by atoms with E-state index in [-0.39, 0.29) is 34.3 Å². The number of carbonyl (C=O) groups excluding carboxylic acids is 2. The number of aromatic hydroxyl groups is 1. The standard InChI is InChI=1S/C23H22ClF2NO4/c1-4-5-9-31-23(30)12(2)18-13(3)27(22(29)14-7-6-8-15(24)10-14)17-11-16(25)21(28)20(26)19(17)18/h6-8,10-12,28H,4-5,9H2,1-3H3/t12-/m1/s1. The highest BCUT2D eigenvalue weighted by Gasteiger charge is 2.31. The first-order valence-electron chi connectivity index (χ1n) is 9.87. The van der Waals surface area contributed by atoms with E-state index >= 15 is 0 Å². The van der Waals surface area contributed by atoms with Gasteiger partial charge >= 0.3 is 5.97 Å². The molecule has 1 heterocycles. The minimum Gasteiger partial charge on any atom is -0.503 e. The van der Waals surface area contributed by atoms with Gasteiger partial charge in [-0.15, -0.1) is 0 Å². The van der Waals surface area contributed by atoms with E-state index in [9.17, 15) is 23.5 Å². The number of esters is 1. The van der Waals surface area contributed by atoms with Gasteiger partial charge in [-0.3, -0.25) is 14.2 Å². The zero-order valence-corrected chi connectivity index (χ0v) is 18.1. The van der Waals surface area contributed by atoms with E-state index in [1.165, 1.54) is 26.0 Å². The summed E-state index contributed by atoms with van der Waals surface area (Å²) >= 11 is 5.99. The molecule has 164 valence electrons. The number of rotatable bonds is 6. The Morgan fingerprint density at radius 1 is 1.26 bits per heavy atom. The smallest absolute Gasteiger partial charge is 0.313 e. The maximum absolute atomic E-state index is 15.0. The summed E-state index contributed by atoms with van der Waals surface area (Å²) in [4.78, 5) is 25.8. The first-order chi connectivity index (χ1) is 14.7. The van der Waals surface area contributed by atoms with Crippen molar-refractivity contribution in [3.05, 3.63) is 63.8 Å². The van der Waals surface area contributed by atoms with Crippen LogP contribution in [0, 0.1) is 18.6 Å². The molecular formula is C23H22ClF2NO4. The van der Waals surface area contributed by atoms with Crippen LogP contribution in [0.1, 0.15) is 54.2 Å². The van der Waals surface area contributed by atoms with Crippen LogP contribution in [0.25, 0.3) is 10.9 Å². The third-order valence-corrected chi connectivity index (χ3v) is 5.45. The molecule has 0 radical (unpaired) electrons. The topological polar surface area (TPSA) is 68.5 Å². The lowest BCUT2D eigenvalue weighted by atomic mass is 9.97. The predicted octanol–water partition coefficient (Wildman–Crippen LogP) is 5.72. The Morgan fingerprint density at radius 3 is 2.61 bits per heavy atom. The molecule has 8 heteroatoms. The maximum atomic E-state index is 15.0. The second kappa shape index (κ2) is 9.06. The number of aromatic nitrogens is 1. The second-order valence-electron chi connectivity index (χ2n) is 7.31. The number of phenolic OH excluding ortho intramolecular Hbond substituents is 1. The molecule has 0 saturated carbocycles. The summed E-state index contributed by atoms with van der Waals surface area (Å²) in [5, 5.41) is 9.96. The van der Waals surface area contributed by atoms with Gasteiger partial charge in [-0.1, -0.05) is 31.0 Å². The molecule has 1 aromatic heterocycles. The lowest BCUT2D eigenvalue weighted by Gasteiger charge is -2.13. The first-order valence-corrected chi connectivity index (χ1v) is 10.3. The minimum atomic E-state index is -1.24. The van der Waals surface area contributed by atoms with Gasteiger partial charge in [-0.2, -0.15) is 0 Å². The third-order valence-electron chi connectivity index (χ3n) is 5.21. The molecule has 0 aliphatic carbocycles. The van der Waals surface area contributed by atoms with E-state index in [0.717, 1.165) is 17.1 Å². The van der Waals surface area contributed by atoms with Crippen molar-refractivity contribution in [1.29, 1.82) is 0 Å². The molecule has 3 aromatic rings. The van der Waals surface area contributed by atoms with Crippen molar-refractivity contribution in [2.45, 2.75) is 39.5 Å². The number of benzene rings is 2. The number of halogens is 3. The Labute approximate surface area is 183 Å². The monoisotopic (exact) mass is 449 g/mol. The number of hydrogen-bond acceptors (Lipinski definition) is 4. The van der Waals surface area contributed by atoms with Gasteiger partial charge in [-0.25, -0.2) is 8.78 Å². The molecule has 0 amide bonds. The van der Waals surface area contributed by atoms with Gasteiger partial charge in [0, 0.05) is 27.7 Å². The van der Waals surface area contributed by atoms with Gasteiger partial charge in [0.1, 0.15) is 0 Å². The molecule has 0 aliphatic rings. The molecule has 3 rings (SSSR count). The van der Waals surface area contributed by atoms with Gasteiger partial charge in [0.25, 0.3) is 5.91 Å². The molecule has 1 atom stereocenters. The molecule has 0 bridgehead atoms. The van der Waals surface area contributed by atoms with Crippen molar-refractivity contribution in [2.24, 2.45) is 0 Å². The van der Waals surface area contributed by atoms with Crippen LogP contribution in [0.4, 0.5) is 8.78 Å². The Kier molecular flexibility index (Phi) is 6.65. The third kappa shape index (κ3) is 4.14. The van der Waals surface area contributed by atoms with E-state index in [1.807, 2.05) is 6.92 Å². The minimum absolute atomic E-state index is 0.0986. The number of nitrogens with zero attached hydrogens (tertiary/aromatic N) is 1. The summed E-state index contributed by atoms with van der Waals surface area (Å²) in [5.74, 6) is -5.76. The highest BCUT2D eigenvalue weighted by Crippen LogP contribution is 2.39. The quantitative estimate of drug-likeness (QED) is 0.386. The van der Waals surface area contributed by atoms with Crippen LogP contribution in [0.2, 0.25) is 5.02 Å². The van der Waals surface area contributed by atoms with E-state index in [2.05, 4.69) is 0 Å². The van der Waals surface area contributed by atoms with E-state index in [0.29, 0.717) is 11.4 Å². The number of carbonyl (C=O) groups is 2. The molecular weight excluding hydrogens is 428 g/mol. The van der Waals surface area contributed by atoms with E-state index in [1.54, 1.807) is 12.1 Å². The largest absolute Gasteiger partial charge is 0.503 e. The van der Waals surface area contributed by atoms with Crippen LogP contribution in [-0.4, -0.2) is 28.2 Å². The fourth-order valence-electron chi connectivity index (χ4n) is 3.61. The highest BCUT2D eigenvalue weighted by molar-refractivity contribution is 6.31. The summed E-state index contributed by atoms with van der Waals surface area (Å²) < 4.78 is 35.6. The van der Waals surface area contributed by atoms with Crippen LogP contribution < -0.4 is 0 Å². The number of ether oxygens (including phenoxy) is 1. The van der Waals surface area contributed by atoms with Crippen molar-refractivity contribution in [1.82, 2.24) is 4.57 Å². The van der Waals surface area contributed by atoms with Gasteiger partial charge < -0.3 is 9.84 Å². The summed E-state index contributed by atoms with van der Waals surface area (Å²) in [7, 11) is 0. The average Bonchev–Trinajstić information content (AvgIpc) is 3.02. The van der Waals surface area contributed by atoms with Crippen molar-refractivity contribution in [3.8, 4) is 5.75 Å². The SMILES string of the molecule is CCCCOC(=O)[C@H](C)c1c(C)n(C(=O)c2cccc(Cl)c2)c2cc(F)c(O)c(F)c12. The number of fused-ring (bicyclic) bond motifs is 1. The van der Waals surface area contributed by atoms with Gasteiger partial charge in [0.2, 0.25) is 0 Å². The zero-order chi connectivity index (χ0) is 22.9. The van der Waals surface area contributed by atoms with Gasteiger partial charge in [-0.05, 0) is 44.0 Å². The molecule has 1 N–H and O–H groups in total. The molecule has 0 fully saturated rings. The van der Waals surface area contributed by atoms with Crippen molar-refractivity contribution >= 4 is 34.4 Å². The Morgan fingerprint density at radius 2 is 1.97 bits per heavy atom. The first kappa shape index (κ1) is 22.7. The molecule has 2 aromatic carbocycles. The summed E-state index contributed by atoms with van der Waals surface area (Å²) in [6.45, 7) is 5.20. The normalized spacial score (nSPS) is 12.2. The summed E-state index contributed by atoms with van der Waals surface area (Å²) in [6, 6.07) is 7.01. The Hall–Kier alpha value is -2.93. The zero-order valence-electron chi connectivity index (χ0n) is 17.3. The second-order valence-corrected chi connectivity index (χ2v) is 7.74. The van der Waals surface area contributed by atoms with Crippen molar-refractivity contribution in [3.63, 3.8) is 0 Å². The molecule has 0 spiro atoms. The Balaban J connectivity index is 2.23. The van der Waals surface area contributed by atoms with Crippen LogP contribution >= 0.6 is 11.6 Å². The fraction of sp³-hybridized carbons (Fsp3) is 0.304. The average molecular weight is 450 g/mol. The van der Waals surface area contributed by atoms with Crippen LogP contribution in [0.3, 0.4) is 0 Å². The van der Waals surface area contributed by atoms with E-state index < -0.39 is 35.2 Å². The van der Waals surface area contributed by atoms with Gasteiger partial charge in [0.15, 0.2) is 17.4 Å². The number of phenols is 1. The molecule has 0 unspecified atom stereocenters. The molecule has 31 heavy (non-hydrogen) atoms. The van der Waals surface area contributed by atoms with Crippen LogP contribution in [-0.2, 0) is 9.53 Å². The Bertz CT molecular complexity index is 1170. The summed E-state index contributed by atoms with van der Waals surface area (Å²) in [6.07, 6.45) is 1.50. The van der Waals surface area contributed by atoms with Crippen LogP contribution in [0.5, 0.6) is 5.75 Å². The predicted molar refractivity (Wildman–Crippen MR) is 114 cm³/mol. The van der Waals surface area contributed by atoms with Crippen molar-refractivity contribution < 1.29 is 28.2 Å². The number of unbranched alkanes of at least 4 members (excludes halogenated alkanes) is 1. The highest BCUT2D eigenvalue weighted by atomic mass is 35.5. The molecule has 0 saturated heterocycles. The fourth-order valence-corrected chi connectivity index (χ4v) is 3.80. The lowest BCUT2D eigenvalue weighted by Crippen LogP contribution is -2.17.